The first-order chi connectivity index (χ1) is 8.81. The Labute approximate surface area is 111 Å². The monoisotopic (exact) mass is 328 g/mol. The molecule has 0 spiro atoms. The highest BCUT2D eigenvalue weighted by Gasteiger charge is 2.72. The number of halogens is 6. The fourth-order valence-electron chi connectivity index (χ4n) is 2.87. The van der Waals surface area contributed by atoms with E-state index >= 15 is 0 Å². The van der Waals surface area contributed by atoms with Crippen molar-refractivity contribution in [3.05, 3.63) is 0 Å². The van der Waals surface area contributed by atoms with Crippen molar-refractivity contribution in [3.8, 4) is 0 Å². The maximum absolute atomic E-state index is 13.2. The summed E-state index contributed by atoms with van der Waals surface area (Å²) in [6.45, 7) is 0. The maximum Gasteiger partial charge on any atom is 0.406 e. The Morgan fingerprint density at radius 3 is 1.70 bits per heavy atom. The van der Waals surface area contributed by atoms with Crippen molar-refractivity contribution in [3.63, 3.8) is 0 Å². The minimum absolute atomic E-state index is 0.236. The van der Waals surface area contributed by atoms with Gasteiger partial charge in [-0.25, -0.2) is 0 Å². The summed E-state index contributed by atoms with van der Waals surface area (Å²) in [5, 5.41) is -4.03. The molecular weight excluding hydrogens is 313 g/mol. The fourth-order valence-corrected chi connectivity index (χ4v) is 4.32. The third-order valence-corrected chi connectivity index (χ3v) is 5.58. The largest absolute Gasteiger partial charge is 0.406 e. The summed E-state index contributed by atoms with van der Waals surface area (Å²) in [4.78, 5) is 18.1. The van der Waals surface area contributed by atoms with Gasteiger partial charge in [-0.15, -0.1) is 0 Å². The number of hydrogen-bond acceptors (Lipinski definition) is 1. The van der Waals surface area contributed by atoms with E-state index in [9.17, 15) is 30.9 Å². The molecule has 10 heteroatoms. The lowest BCUT2D eigenvalue weighted by molar-refractivity contribution is -0.224. The molecule has 0 aliphatic heterocycles. The van der Waals surface area contributed by atoms with Gasteiger partial charge in [0, 0.05) is 0 Å². The van der Waals surface area contributed by atoms with Crippen LogP contribution in [0.5, 0.6) is 0 Å². The average molecular weight is 328 g/mol. The lowest BCUT2D eigenvalue weighted by Crippen LogP contribution is -2.54. The molecule has 0 bridgehead atoms. The van der Waals surface area contributed by atoms with E-state index in [0.29, 0.717) is 6.42 Å². The molecule has 1 aliphatic rings. The summed E-state index contributed by atoms with van der Waals surface area (Å²) in [5.41, 5.74) is 0. The van der Waals surface area contributed by atoms with Gasteiger partial charge in [-0.05, 0) is 18.8 Å². The summed E-state index contributed by atoms with van der Waals surface area (Å²) >= 11 is 0. The van der Waals surface area contributed by atoms with Crippen molar-refractivity contribution >= 4 is 7.60 Å². The molecular formula is C10H15F6O3P. The molecule has 1 saturated carbocycles. The zero-order valence-electron chi connectivity index (χ0n) is 10.3. The first-order valence-corrected chi connectivity index (χ1v) is 7.61. The molecule has 1 rings (SSSR count). The summed E-state index contributed by atoms with van der Waals surface area (Å²) in [6.07, 6.45) is -13.0. The normalized spacial score (nSPS) is 22.6. The van der Waals surface area contributed by atoms with E-state index in [4.69, 9.17) is 9.79 Å². The standard InChI is InChI=1S/C10H15F6O3P/c11-9(12,13)6-8(10(14,15)16,20(17,18)19)7-4-2-1-3-5-7/h7H,1-6H2,(H2,17,18,19). The summed E-state index contributed by atoms with van der Waals surface area (Å²) < 4.78 is 88.5. The van der Waals surface area contributed by atoms with Crippen LogP contribution in [0, 0.1) is 5.92 Å². The van der Waals surface area contributed by atoms with Crippen LogP contribution in [0.3, 0.4) is 0 Å². The molecule has 0 aromatic heterocycles. The van der Waals surface area contributed by atoms with E-state index < -0.39 is 37.4 Å². The highest BCUT2D eigenvalue weighted by Crippen LogP contribution is 2.67. The molecule has 1 unspecified atom stereocenters. The van der Waals surface area contributed by atoms with E-state index in [-0.39, 0.29) is 25.7 Å². The third kappa shape index (κ3) is 3.49. The van der Waals surface area contributed by atoms with Gasteiger partial charge in [0.1, 0.15) is 0 Å². The molecule has 1 aliphatic carbocycles. The SMILES string of the molecule is O=P(O)(O)C(CC(F)(F)F)(C1CCCCC1)C(F)(F)F. The topological polar surface area (TPSA) is 57.5 Å². The molecule has 0 aromatic carbocycles. The zero-order chi connectivity index (χ0) is 15.8. The van der Waals surface area contributed by atoms with Gasteiger partial charge < -0.3 is 9.79 Å². The smallest absolute Gasteiger partial charge is 0.324 e. The Morgan fingerprint density at radius 1 is 0.950 bits per heavy atom. The Bertz CT molecular complexity index is 381. The van der Waals surface area contributed by atoms with Crippen molar-refractivity contribution < 1.29 is 40.7 Å². The van der Waals surface area contributed by atoms with E-state index in [1.165, 1.54) is 0 Å². The minimum Gasteiger partial charge on any atom is -0.324 e. The number of hydrogen-bond donors (Lipinski definition) is 2. The van der Waals surface area contributed by atoms with Gasteiger partial charge in [0.05, 0.1) is 6.42 Å². The predicted molar refractivity (Wildman–Crippen MR) is 58.1 cm³/mol. The molecule has 0 saturated heterocycles. The Morgan fingerprint density at radius 2 is 1.40 bits per heavy atom. The first kappa shape index (κ1) is 17.8. The molecule has 0 heterocycles. The Balaban J connectivity index is 3.37. The quantitative estimate of drug-likeness (QED) is 0.608. The number of rotatable bonds is 3. The van der Waals surface area contributed by atoms with Gasteiger partial charge in [-0.2, -0.15) is 26.3 Å². The van der Waals surface area contributed by atoms with Crippen LogP contribution < -0.4 is 0 Å². The van der Waals surface area contributed by atoms with Crippen molar-refractivity contribution in [2.45, 2.75) is 56.0 Å². The van der Waals surface area contributed by atoms with Crippen molar-refractivity contribution in [1.29, 1.82) is 0 Å². The van der Waals surface area contributed by atoms with Gasteiger partial charge in [0.25, 0.3) is 0 Å². The van der Waals surface area contributed by atoms with Crippen LogP contribution in [-0.4, -0.2) is 27.3 Å². The van der Waals surface area contributed by atoms with E-state index in [0.717, 1.165) is 0 Å². The second kappa shape index (κ2) is 5.50. The van der Waals surface area contributed by atoms with Gasteiger partial charge in [-0.3, -0.25) is 4.57 Å². The van der Waals surface area contributed by atoms with Crippen molar-refractivity contribution in [2.75, 3.05) is 0 Å². The highest BCUT2D eigenvalue weighted by molar-refractivity contribution is 7.53. The molecule has 0 amide bonds. The van der Waals surface area contributed by atoms with Crippen LogP contribution in [0.2, 0.25) is 0 Å². The maximum atomic E-state index is 13.2. The molecule has 2 N–H and O–H groups in total. The minimum atomic E-state index is -6.04. The van der Waals surface area contributed by atoms with Crippen LogP contribution >= 0.6 is 7.60 Å². The molecule has 0 radical (unpaired) electrons. The Kier molecular flexibility index (Phi) is 4.89. The van der Waals surface area contributed by atoms with Crippen LogP contribution in [0.15, 0.2) is 0 Å². The Hall–Kier alpha value is -0.270. The zero-order valence-corrected chi connectivity index (χ0v) is 11.2. The lowest BCUT2D eigenvalue weighted by atomic mass is 9.77. The average Bonchev–Trinajstić information content (AvgIpc) is 2.22. The summed E-state index contributed by atoms with van der Waals surface area (Å²) in [7, 11) is -6.04. The van der Waals surface area contributed by atoms with Crippen LogP contribution in [0.1, 0.15) is 38.5 Å². The molecule has 0 aromatic rings. The molecule has 120 valence electrons. The third-order valence-electron chi connectivity index (χ3n) is 3.76. The predicted octanol–water partition coefficient (Wildman–Crippen LogP) is 4.00. The van der Waals surface area contributed by atoms with E-state index in [2.05, 4.69) is 0 Å². The fraction of sp³-hybridized carbons (Fsp3) is 1.00. The molecule has 3 nitrogen and oxygen atoms in total. The first-order valence-electron chi connectivity index (χ1n) is 6.00. The van der Waals surface area contributed by atoms with Crippen LogP contribution in [0.25, 0.3) is 0 Å². The van der Waals surface area contributed by atoms with Gasteiger partial charge in [0.2, 0.25) is 0 Å². The molecule has 1 atom stereocenters. The van der Waals surface area contributed by atoms with Crippen molar-refractivity contribution in [1.82, 2.24) is 0 Å². The summed E-state index contributed by atoms with van der Waals surface area (Å²) in [5.74, 6) is -1.71. The van der Waals surface area contributed by atoms with Crippen LogP contribution in [-0.2, 0) is 4.57 Å². The van der Waals surface area contributed by atoms with Crippen molar-refractivity contribution in [2.24, 2.45) is 5.92 Å². The van der Waals surface area contributed by atoms with Gasteiger partial charge in [0.15, 0.2) is 5.16 Å². The van der Waals surface area contributed by atoms with Gasteiger partial charge in [-0.1, -0.05) is 19.3 Å². The highest BCUT2D eigenvalue weighted by atomic mass is 31.2. The second-order valence-corrected chi connectivity index (χ2v) is 6.98. The lowest BCUT2D eigenvalue weighted by Gasteiger charge is -2.43. The molecule has 20 heavy (non-hydrogen) atoms. The molecule has 1 fully saturated rings. The second-order valence-electron chi connectivity index (χ2n) is 5.09. The number of alkyl halides is 6. The van der Waals surface area contributed by atoms with E-state index in [1.807, 2.05) is 0 Å². The summed E-state index contributed by atoms with van der Waals surface area (Å²) in [6, 6.07) is 0. The van der Waals surface area contributed by atoms with E-state index in [1.54, 1.807) is 0 Å². The van der Waals surface area contributed by atoms with Crippen LogP contribution in [0.4, 0.5) is 26.3 Å². The van der Waals surface area contributed by atoms with Gasteiger partial charge >= 0.3 is 19.9 Å².